The molecule has 1 aromatic carbocycles. The molecule has 8 heteroatoms. The number of hydrogen-bond acceptors (Lipinski definition) is 3. The van der Waals surface area contributed by atoms with E-state index in [2.05, 4.69) is 5.32 Å². The predicted octanol–water partition coefficient (Wildman–Crippen LogP) is 2.50. The number of nitrogens with one attached hydrogen (secondary N) is 1. The van der Waals surface area contributed by atoms with Gasteiger partial charge in [0.15, 0.2) is 0 Å². The third-order valence-electron chi connectivity index (χ3n) is 4.25. The van der Waals surface area contributed by atoms with E-state index >= 15 is 0 Å². The monoisotopic (exact) mass is 370 g/mol. The molecule has 1 aliphatic heterocycles. The SMILES string of the molecule is CCN(CC)C(=O)N1CCN(CC(=O)Nc2cc(Cl)ccc2F)CC1. The van der Waals surface area contributed by atoms with Gasteiger partial charge < -0.3 is 15.1 Å². The first-order chi connectivity index (χ1) is 11.9. The van der Waals surface area contributed by atoms with Gasteiger partial charge in [0, 0.05) is 44.3 Å². The summed E-state index contributed by atoms with van der Waals surface area (Å²) in [6, 6.07) is 4.07. The second-order valence-electron chi connectivity index (χ2n) is 5.89. The summed E-state index contributed by atoms with van der Waals surface area (Å²) in [6.45, 7) is 7.80. The Labute approximate surface area is 152 Å². The zero-order valence-corrected chi connectivity index (χ0v) is 15.4. The van der Waals surface area contributed by atoms with E-state index in [0.717, 1.165) is 0 Å². The first-order valence-electron chi connectivity index (χ1n) is 8.45. The Bertz CT molecular complexity index is 617. The molecule has 1 N–H and O–H groups in total. The Morgan fingerprint density at radius 2 is 1.84 bits per heavy atom. The van der Waals surface area contributed by atoms with Crippen LogP contribution in [-0.4, -0.2) is 72.5 Å². The van der Waals surface area contributed by atoms with E-state index in [1.165, 1.54) is 18.2 Å². The van der Waals surface area contributed by atoms with Crippen LogP contribution in [0.15, 0.2) is 18.2 Å². The van der Waals surface area contributed by atoms with Gasteiger partial charge in [-0.3, -0.25) is 9.69 Å². The topological polar surface area (TPSA) is 55.9 Å². The van der Waals surface area contributed by atoms with Crippen molar-refractivity contribution >= 4 is 29.2 Å². The predicted molar refractivity (Wildman–Crippen MR) is 96.4 cm³/mol. The molecule has 0 radical (unpaired) electrons. The van der Waals surface area contributed by atoms with E-state index in [9.17, 15) is 14.0 Å². The molecule has 0 atom stereocenters. The van der Waals surface area contributed by atoms with Crippen LogP contribution in [0.25, 0.3) is 0 Å². The van der Waals surface area contributed by atoms with Gasteiger partial charge in [-0.05, 0) is 32.0 Å². The summed E-state index contributed by atoms with van der Waals surface area (Å²) in [5.41, 5.74) is 0.0767. The van der Waals surface area contributed by atoms with Gasteiger partial charge in [0.1, 0.15) is 5.82 Å². The van der Waals surface area contributed by atoms with Crippen molar-refractivity contribution in [3.05, 3.63) is 29.0 Å². The van der Waals surface area contributed by atoms with E-state index in [1.54, 1.807) is 9.80 Å². The number of carbonyl (C=O) groups excluding carboxylic acids is 2. The Hall–Kier alpha value is -1.86. The van der Waals surface area contributed by atoms with E-state index < -0.39 is 5.82 Å². The fourth-order valence-electron chi connectivity index (χ4n) is 2.78. The number of urea groups is 1. The first kappa shape index (κ1) is 19.5. The average Bonchev–Trinajstić information content (AvgIpc) is 2.59. The Morgan fingerprint density at radius 3 is 2.44 bits per heavy atom. The molecule has 1 saturated heterocycles. The molecule has 0 unspecified atom stereocenters. The number of anilines is 1. The van der Waals surface area contributed by atoms with E-state index in [-0.39, 0.29) is 24.2 Å². The summed E-state index contributed by atoms with van der Waals surface area (Å²) in [7, 11) is 0. The third-order valence-corrected chi connectivity index (χ3v) is 4.48. The molecule has 1 aliphatic rings. The fraction of sp³-hybridized carbons (Fsp3) is 0.529. The van der Waals surface area contributed by atoms with E-state index in [1.807, 2.05) is 18.7 Å². The maximum atomic E-state index is 13.7. The molecule has 0 saturated carbocycles. The van der Waals surface area contributed by atoms with Crippen molar-refractivity contribution in [3.8, 4) is 0 Å². The summed E-state index contributed by atoms with van der Waals surface area (Å²) < 4.78 is 13.7. The molecule has 0 aromatic heterocycles. The molecule has 138 valence electrons. The highest BCUT2D eigenvalue weighted by molar-refractivity contribution is 6.30. The summed E-state index contributed by atoms with van der Waals surface area (Å²) in [5.74, 6) is -0.822. The number of hydrogen-bond donors (Lipinski definition) is 1. The van der Waals surface area contributed by atoms with Crippen molar-refractivity contribution in [2.24, 2.45) is 0 Å². The summed E-state index contributed by atoms with van der Waals surface area (Å²) in [4.78, 5) is 29.9. The van der Waals surface area contributed by atoms with Gasteiger partial charge in [-0.1, -0.05) is 11.6 Å². The lowest BCUT2D eigenvalue weighted by atomic mass is 10.3. The highest BCUT2D eigenvalue weighted by Gasteiger charge is 2.24. The normalized spacial score (nSPS) is 15.1. The largest absolute Gasteiger partial charge is 0.325 e. The second-order valence-corrected chi connectivity index (χ2v) is 6.33. The van der Waals surface area contributed by atoms with Crippen LogP contribution in [0.4, 0.5) is 14.9 Å². The molecule has 0 spiro atoms. The minimum atomic E-state index is -0.521. The van der Waals surface area contributed by atoms with Crippen LogP contribution in [0.1, 0.15) is 13.8 Å². The van der Waals surface area contributed by atoms with Gasteiger partial charge >= 0.3 is 6.03 Å². The van der Waals surface area contributed by atoms with Gasteiger partial charge in [-0.2, -0.15) is 0 Å². The highest BCUT2D eigenvalue weighted by Crippen LogP contribution is 2.19. The molecule has 0 bridgehead atoms. The summed E-state index contributed by atoms with van der Waals surface area (Å²) in [6.07, 6.45) is 0. The third kappa shape index (κ3) is 5.31. The van der Waals surface area contributed by atoms with Crippen LogP contribution in [0.5, 0.6) is 0 Å². The van der Waals surface area contributed by atoms with E-state index in [4.69, 9.17) is 11.6 Å². The number of rotatable bonds is 5. The number of amides is 3. The average molecular weight is 371 g/mol. The molecule has 6 nitrogen and oxygen atoms in total. The quantitative estimate of drug-likeness (QED) is 0.866. The Morgan fingerprint density at radius 1 is 1.20 bits per heavy atom. The maximum absolute atomic E-state index is 13.7. The van der Waals surface area contributed by atoms with E-state index in [0.29, 0.717) is 44.3 Å². The van der Waals surface area contributed by atoms with Gasteiger partial charge in [0.25, 0.3) is 0 Å². The van der Waals surface area contributed by atoms with Crippen molar-refractivity contribution < 1.29 is 14.0 Å². The Balaban J connectivity index is 1.82. The van der Waals surface area contributed by atoms with Gasteiger partial charge in [0.05, 0.1) is 12.2 Å². The molecule has 2 rings (SSSR count). The minimum Gasteiger partial charge on any atom is -0.325 e. The molecule has 1 aromatic rings. The van der Waals surface area contributed by atoms with Crippen molar-refractivity contribution in [2.45, 2.75) is 13.8 Å². The number of halogens is 2. The lowest BCUT2D eigenvalue weighted by Gasteiger charge is -2.36. The van der Waals surface area contributed by atoms with Gasteiger partial charge in [-0.15, -0.1) is 0 Å². The summed E-state index contributed by atoms with van der Waals surface area (Å²) in [5, 5.41) is 2.90. The van der Waals surface area contributed by atoms with Gasteiger partial charge in [-0.25, -0.2) is 9.18 Å². The zero-order valence-electron chi connectivity index (χ0n) is 14.6. The van der Waals surface area contributed by atoms with Crippen LogP contribution in [0.2, 0.25) is 5.02 Å². The van der Waals surface area contributed by atoms with Crippen LogP contribution in [0, 0.1) is 5.82 Å². The molecule has 0 aliphatic carbocycles. The van der Waals surface area contributed by atoms with Crippen LogP contribution >= 0.6 is 11.6 Å². The number of nitrogens with zero attached hydrogens (tertiary/aromatic N) is 3. The number of benzene rings is 1. The van der Waals surface area contributed by atoms with Crippen LogP contribution < -0.4 is 5.32 Å². The molecular weight excluding hydrogens is 347 g/mol. The van der Waals surface area contributed by atoms with Crippen molar-refractivity contribution in [1.82, 2.24) is 14.7 Å². The number of piperazine rings is 1. The lowest BCUT2D eigenvalue weighted by molar-refractivity contribution is -0.117. The lowest BCUT2D eigenvalue weighted by Crippen LogP contribution is -2.53. The number of carbonyl (C=O) groups is 2. The molecule has 1 heterocycles. The second kappa shape index (κ2) is 9.01. The van der Waals surface area contributed by atoms with Crippen LogP contribution in [-0.2, 0) is 4.79 Å². The standard InChI is InChI=1S/C17H24ClFN4O2/c1-3-22(4-2)17(25)23-9-7-21(8-10-23)12-16(24)20-15-11-13(18)5-6-14(15)19/h5-6,11H,3-4,7-10,12H2,1-2H3,(H,20,24). The zero-order chi connectivity index (χ0) is 18.4. The molecule has 25 heavy (non-hydrogen) atoms. The fourth-order valence-corrected chi connectivity index (χ4v) is 2.95. The van der Waals surface area contributed by atoms with Crippen LogP contribution in [0.3, 0.4) is 0 Å². The molecular formula is C17H24ClFN4O2. The Kier molecular flexibility index (Phi) is 7.01. The molecule has 3 amide bonds. The smallest absolute Gasteiger partial charge is 0.320 e. The van der Waals surface area contributed by atoms with Crippen molar-refractivity contribution in [2.75, 3.05) is 51.1 Å². The van der Waals surface area contributed by atoms with Crippen molar-refractivity contribution in [3.63, 3.8) is 0 Å². The summed E-state index contributed by atoms with van der Waals surface area (Å²) >= 11 is 5.82. The highest BCUT2D eigenvalue weighted by atomic mass is 35.5. The minimum absolute atomic E-state index is 0.0371. The van der Waals surface area contributed by atoms with Gasteiger partial charge in [0.2, 0.25) is 5.91 Å². The first-order valence-corrected chi connectivity index (χ1v) is 8.83. The maximum Gasteiger partial charge on any atom is 0.320 e. The van der Waals surface area contributed by atoms with Crippen molar-refractivity contribution in [1.29, 1.82) is 0 Å². The molecule has 1 fully saturated rings.